The summed E-state index contributed by atoms with van der Waals surface area (Å²) in [6, 6.07) is 19.2. The average Bonchev–Trinajstić information content (AvgIpc) is 3.15. The van der Waals surface area contributed by atoms with Gasteiger partial charge < -0.3 is 10.1 Å². The number of anilines is 1. The van der Waals surface area contributed by atoms with Crippen molar-refractivity contribution in [1.82, 2.24) is 4.98 Å². The van der Waals surface area contributed by atoms with Gasteiger partial charge in [0.25, 0.3) is 5.91 Å². The molecule has 2 aromatic carbocycles. The molecule has 0 bridgehead atoms. The first-order chi connectivity index (χ1) is 14.1. The number of nitrogens with one attached hydrogen (secondary N) is 1. The van der Waals surface area contributed by atoms with Crippen molar-refractivity contribution in [2.24, 2.45) is 4.99 Å². The molecule has 1 aromatic heterocycles. The number of hydrogen-bond donors (Lipinski definition) is 1. The van der Waals surface area contributed by atoms with E-state index >= 15 is 0 Å². The van der Waals surface area contributed by atoms with Gasteiger partial charge >= 0.3 is 0 Å². The fraction of sp³-hybridized carbons (Fsp3) is 0.130. The van der Waals surface area contributed by atoms with Gasteiger partial charge in [-0.3, -0.25) is 4.79 Å². The molecule has 3 aromatic rings. The Balaban J connectivity index is 1.49. The van der Waals surface area contributed by atoms with Crippen LogP contribution in [-0.2, 0) is 17.9 Å². The third-order valence-electron chi connectivity index (χ3n) is 4.63. The van der Waals surface area contributed by atoms with Crippen molar-refractivity contribution in [1.29, 1.82) is 5.26 Å². The van der Waals surface area contributed by atoms with Gasteiger partial charge in [0, 0.05) is 17.4 Å². The van der Waals surface area contributed by atoms with Crippen molar-refractivity contribution < 1.29 is 9.53 Å². The Morgan fingerprint density at radius 2 is 2.03 bits per heavy atom. The van der Waals surface area contributed by atoms with E-state index in [4.69, 9.17) is 10.00 Å². The van der Waals surface area contributed by atoms with Crippen LogP contribution in [-0.4, -0.2) is 16.8 Å². The number of carbonyl (C=O) groups excluding carboxylic acids is 1. The zero-order chi connectivity index (χ0) is 20.2. The Morgan fingerprint density at radius 1 is 1.21 bits per heavy atom. The molecule has 1 N–H and O–H groups in total. The minimum atomic E-state index is -0.325. The topological polar surface area (TPSA) is 87.4 Å². The summed E-state index contributed by atoms with van der Waals surface area (Å²) in [6.07, 6.45) is 1.40. The maximum Gasteiger partial charge on any atom is 0.274 e. The Hall–Kier alpha value is -3.98. The average molecular weight is 382 g/mol. The van der Waals surface area contributed by atoms with Crippen LogP contribution in [0.15, 0.2) is 65.8 Å². The summed E-state index contributed by atoms with van der Waals surface area (Å²) in [7, 11) is 0. The first-order valence-corrected chi connectivity index (χ1v) is 9.16. The molecule has 0 aliphatic carbocycles. The number of ether oxygens (including phenoxy) is 1. The predicted octanol–water partition coefficient (Wildman–Crippen LogP) is 3.99. The van der Waals surface area contributed by atoms with Crippen LogP contribution in [0.4, 0.5) is 5.69 Å². The second-order valence-corrected chi connectivity index (χ2v) is 6.72. The van der Waals surface area contributed by atoms with Crippen molar-refractivity contribution in [3.8, 4) is 6.07 Å². The van der Waals surface area contributed by atoms with Crippen molar-refractivity contribution in [3.05, 3.63) is 94.3 Å². The van der Waals surface area contributed by atoms with Gasteiger partial charge in [-0.1, -0.05) is 36.4 Å². The van der Waals surface area contributed by atoms with Crippen molar-refractivity contribution >= 4 is 17.5 Å². The molecule has 0 radical (unpaired) electrons. The van der Waals surface area contributed by atoms with Crippen LogP contribution in [0.2, 0.25) is 0 Å². The molecule has 0 fully saturated rings. The molecule has 142 valence electrons. The van der Waals surface area contributed by atoms with Gasteiger partial charge in [-0.15, -0.1) is 0 Å². The molecule has 4 rings (SSSR count). The Bertz CT molecular complexity index is 1150. The molecule has 29 heavy (non-hydrogen) atoms. The summed E-state index contributed by atoms with van der Waals surface area (Å²) < 4.78 is 5.90. The molecule has 0 saturated heterocycles. The summed E-state index contributed by atoms with van der Waals surface area (Å²) in [6.45, 7) is 2.75. The number of aromatic nitrogens is 1. The molecule has 0 spiro atoms. The number of pyridine rings is 1. The lowest BCUT2D eigenvalue weighted by molar-refractivity contribution is 0.102. The predicted molar refractivity (Wildman–Crippen MR) is 110 cm³/mol. The minimum Gasteiger partial charge on any atom is -0.473 e. The lowest BCUT2D eigenvalue weighted by atomic mass is 10.1. The number of benzene rings is 2. The maximum absolute atomic E-state index is 12.6. The highest BCUT2D eigenvalue weighted by Crippen LogP contribution is 2.24. The molecular weight excluding hydrogens is 364 g/mol. The van der Waals surface area contributed by atoms with E-state index in [0.717, 1.165) is 16.7 Å². The van der Waals surface area contributed by atoms with E-state index in [2.05, 4.69) is 15.3 Å². The summed E-state index contributed by atoms with van der Waals surface area (Å²) in [5.41, 5.74) is 5.00. The number of carbonyl (C=O) groups is 1. The Kier molecular flexibility index (Phi) is 5.04. The van der Waals surface area contributed by atoms with Crippen molar-refractivity contribution in [3.63, 3.8) is 0 Å². The molecule has 0 unspecified atom stereocenters. The van der Waals surface area contributed by atoms with E-state index in [-0.39, 0.29) is 5.91 Å². The number of hydrogen-bond acceptors (Lipinski definition) is 5. The van der Waals surface area contributed by atoms with E-state index in [1.807, 2.05) is 54.6 Å². The molecule has 0 saturated carbocycles. The van der Waals surface area contributed by atoms with Crippen molar-refractivity contribution in [2.45, 2.75) is 20.1 Å². The molecule has 2 heterocycles. The van der Waals surface area contributed by atoms with Crippen LogP contribution in [0.5, 0.6) is 0 Å². The Labute approximate surface area is 168 Å². The van der Waals surface area contributed by atoms with E-state index in [0.29, 0.717) is 41.6 Å². The van der Waals surface area contributed by atoms with E-state index in [9.17, 15) is 4.79 Å². The van der Waals surface area contributed by atoms with Crippen LogP contribution < -0.4 is 5.32 Å². The first kappa shape index (κ1) is 18.4. The van der Waals surface area contributed by atoms with E-state index < -0.39 is 0 Å². The smallest absolute Gasteiger partial charge is 0.274 e. The number of nitrogens with zero attached hydrogens (tertiary/aromatic N) is 3. The number of nitriles is 1. The van der Waals surface area contributed by atoms with Crippen LogP contribution in [0, 0.1) is 18.3 Å². The summed E-state index contributed by atoms with van der Waals surface area (Å²) in [4.78, 5) is 21.2. The maximum atomic E-state index is 12.6. The van der Waals surface area contributed by atoms with Crippen molar-refractivity contribution in [2.75, 3.05) is 5.32 Å². The molecule has 6 heteroatoms. The third kappa shape index (κ3) is 3.99. The van der Waals surface area contributed by atoms with Crippen LogP contribution >= 0.6 is 0 Å². The van der Waals surface area contributed by atoms with Crippen LogP contribution in [0.1, 0.15) is 38.3 Å². The number of amides is 1. The van der Waals surface area contributed by atoms with E-state index in [1.165, 1.54) is 6.20 Å². The summed E-state index contributed by atoms with van der Waals surface area (Å²) in [5.74, 6) is 0.251. The van der Waals surface area contributed by atoms with Gasteiger partial charge in [0.2, 0.25) is 5.90 Å². The second-order valence-electron chi connectivity index (χ2n) is 6.72. The van der Waals surface area contributed by atoms with Gasteiger partial charge in [0.15, 0.2) is 0 Å². The number of fused-ring (bicyclic) bond motifs is 1. The summed E-state index contributed by atoms with van der Waals surface area (Å²) in [5, 5.41) is 11.8. The highest BCUT2D eigenvalue weighted by molar-refractivity contribution is 6.05. The lowest BCUT2D eigenvalue weighted by Gasteiger charge is -2.11. The zero-order valence-corrected chi connectivity index (χ0v) is 15.8. The minimum absolute atomic E-state index is 0.290. The second kappa shape index (κ2) is 7.95. The Morgan fingerprint density at radius 3 is 2.79 bits per heavy atom. The van der Waals surface area contributed by atoms with Gasteiger partial charge in [-0.25, -0.2) is 9.98 Å². The van der Waals surface area contributed by atoms with Crippen LogP contribution in [0.25, 0.3) is 0 Å². The van der Waals surface area contributed by atoms with Gasteiger partial charge in [0.1, 0.15) is 18.4 Å². The molecule has 0 atom stereocenters. The van der Waals surface area contributed by atoms with Crippen LogP contribution in [0.3, 0.4) is 0 Å². The first-order valence-electron chi connectivity index (χ1n) is 9.16. The fourth-order valence-electron chi connectivity index (χ4n) is 3.15. The van der Waals surface area contributed by atoms with E-state index in [1.54, 1.807) is 13.0 Å². The van der Waals surface area contributed by atoms with Gasteiger partial charge in [-0.2, -0.15) is 5.26 Å². The molecule has 1 aliphatic rings. The highest BCUT2D eigenvalue weighted by Gasteiger charge is 2.19. The SMILES string of the molecule is Cc1cc(C#N)cnc1C(=O)Nc1ccc2c(c1)C(OCc1ccccc1)=NC2. The highest BCUT2D eigenvalue weighted by atomic mass is 16.5. The molecule has 6 nitrogen and oxygen atoms in total. The number of aryl methyl sites for hydroxylation is 1. The normalized spacial score (nSPS) is 11.9. The third-order valence-corrected chi connectivity index (χ3v) is 4.63. The standard InChI is InChI=1S/C23H18N4O2/c1-15-9-17(11-24)12-25-21(15)22(28)27-19-8-7-18-13-26-23(20(18)10-19)29-14-16-5-3-2-4-6-16/h2-10,12H,13-14H2,1H3,(H,27,28). The molecule has 1 amide bonds. The molecule has 1 aliphatic heterocycles. The molecular formula is C23H18N4O2. The van der Waals surface area contributed by atoms with Gasteiger partial charge in [-0.05, 0) is 41.8 Å². The van der Waals surface area contributed by atoms with Gasteiger partial charge in [0.05, 0.1) is 12.1 Å². The summed E-state index contributed by atoms with van der Waals surface area (Å²) >= 11 is 0. The largest absolute Gasteiger partial charge is 0.473 e. The quantitative estimate of drug-likeness (QED) is 0.739. The zero-order valence-electron chi connectivity index (χ0n) is 15.8. The fourth-order valence-corrected chi connectivity index (χ4v) is 3.15. The monoisotopic (exact) mass is 382 g/mol. The number of aliphatic imine (C=N–C) groups is 1. The number of rotatable bonds is 4. The lowest BCUT2D eigenvalue weighted by Crippen LogP contribution is -2.16.